The van der Waals surface area contributed by atoms with Gasteiger partial charge in [0.15, 0.2) is 0 Å². The lowest BCUT2D eigenvalue weighted by atomic mass is 10.0. The van der Waals surface area contributed by atoms with Gasteiger partial charge >= 0.3 is 0 Å². The van der Waals surface area contributed by atoms with Crippen molar-refractivity contribution in [1.82, 2.24) is 10.2 Å². The molecule has 1 aliphatic rings. The predicted molar refractivity (Wildman–Crippen MR) is 82.6 cm³/mol. The van der Waals surface area contributed by atoms with Crippen LogP contribution in [0.4, 0.5) is 0 Å². The van der Waals surface area contributed by atoms with Crippen LogP contribution in [0, 0.1) is 11.8 Å². The second kappa shape index (κ2) is 8.93. The molecule has 0 bridgehead atoms. The zero-order valence-corrected chi connectivity index (χ0v) is 13.6. The first-order valence-corrected chi connectivity index (χ1v) is 8.03. The normalized spacial score (nSPS) is 23.8. The molecule has 19 heavy (non-hydrogen) atoms. The first-order valence-electron chi connectivity index (χ1n) is 8.03. The molecule has 1 saturated heterocycles. The molecule has 0 amide bonds. The van der Waals surface area contributed by atoms with E-state index in [4.69, 9.17) is 4.74 Å². The smallest absolute Gasteiger partial charge is 0.0702 e. The van der Waals surface area contributed by atoms with Crippen molar-refractivity contribution in [2.45, 2.75) is 59.1 Å². The zero-order chi connectivity index (χ0) is 14.3. The van der Waals surface area contributed by atoms with E-state index in [1.165, 1.54) is 19.3 Å². The van der Waals surface area contributed by atoms with E-state index in [9.17, 15) is 0 Å². The molecule has 0 aliphatic carbocycles. The Labute approximate surface area is 120 Å². The SMILES string of the molecule is CC(C)CNCC(C)C(C)N(C)CC1CCCCO1. The third-order valence-electron chi connectivity index (χ3n) is 4.30. The Balaban J connectivity index is 2.23. The highest BCUT2D eigenvalue weighted by Gasteiger charge is 2.21. The molecule has 3 atom stereocenters. The molecule has 3 heteroatoms. The first kappa shape index (κ1) is 16.9. The van der Waals surface area contributed by atoms with E-state index in [1.54, 1.807) is 0 Å². The number of hydrogen-bond acceptors (Lipinski definition) is 3. The number of ether oxygens (including phenoxy) is 1. The number of hydrogen-bond donors (Lipinski definition) is 1. The van der Waals surface area contributed by atoms with Gasteiger partial charge in [-0.3, -0.25) is 0 Å². The molecule has 1 rings (SSSR count). The van der Waals surface area contributed by atoms with Crippen molar-refractivity contribution in [2.24, 2.45) is 11.8 Å². The fraction of sp³-hybridized carbons (Fsp3) is 1.00. The fourth-order valence-corrected chi connectivity index (χ4v) is 2.64. The van der Waals surface area contributed by atoms with Crippen molar-refractivity contribution in [3.05, 3.63) is 0 Å². The Bertz CT molecular complexity index is 227. The summed E-state index contributed by atoms with van der Waals surface area (Å²) in [5.74, 6) is 1.41. The summed E-state index contributed by atoms with van der Waals surface area (Å²) < 4.78 is 5.83. The second-order valence-electron chi connectivity index (χ2n) is 6.70. The molecule has 1 heterocycles. The molecule has 114 valence electrons. The number of nitrogens with one attached hydrogen (secondary N) is 1. The van der Waals surface area contributed by atoms with Gasteiger partial charge in [-0.2, -0.15) is 0 Å². The minimum Gasteiger partial charge on any atom is -0.377 e. The van der Waals surface area contributed by atoms with Crippen molar-refractivity contribution in [1.29, 1.82) is 0 Å². The summed E-state index contributed by atoms with van der Waals surface area (Å²) >= 11 is 0. The van der Waals surface area contributed by atoms with Crippen molar-refractivity contribution >= 4 is 0 Å². The van der Waals surface area contributed by atoms with Gasteiger partial charge in [0.05, 0.1) is 6.10 Å². The summed E-state index contributed by atoms with van der Waals surface area (Å²) in [4.78, 5) is 2.47. The molecule has 1 aliphatic heterocycles. The molecular formula is C16H34N2O. The summed E-state index contributed by atoms with van der Waals surface area (Å²) in [5, 5.41) is 3.57. The lowest BCUT2D eigenvalue weighted by Gasteiger charge is -2.34. The molecule has 3 unspecified atom stereocenters. The van der Waals surface area contributed by atoms with Gasteiger partial charge in [0.1, 0.15) is 0 Å². The van der Waals surface area contributed by atoms with Crippen LogP contribution in [0.2, 0.25) is 0 Å². The van der Waals surface area contributed by atoms with Gasteiger partial charge in [-0.25, -0.2) is 0 Å². The molecule has 0 spiro atoms. The number of rotatable bonds is 8. The third-order valence-corrected chi connectivity index (χ3v) is 4.30. The highest BCUT2D eigenvalue weighted by Crippen LogP contribution is 2.16. The van der Waals surface area contributed by atoms with Crippen molar-refractivity contribution in [3.63, 3.8) is 0 Å². The maximum Gasteiger partial charge on any atom is 0.0702 e. The topological polar surface area (TPSA) is 24.5 Å². The Morgan fingerprint density at radius 2 is 1.89 bits per heavy atom. The van der Waals surface area contributed by atoms with Crippen LogP contribution in [0.1, 0.15) is 47.0 Å². The standard InChI is InChI=1S/C16H34N2O/c1-13(2)10-17-11-14(3)15(4)18(5)12-16-8-6-7-9-19-16/h13-17H,6-12H2,1-5H3. The number of nitrogens with zero attached hydrogens (tertiary/aromatic N) is 1. The van der Waals surface area contributed by atoms with E-state index in [0.717, 1.165) is 32.2 Å². The molecule has 3 nitrogen and oxygen atoms in total. The third kappa shape index (κ3) is 6.73. The minimum atomic E-state index is 0.456. The van der Waals surface area contributed by atoms with Gasteiger partial charge < -0.3 is 15.0 Å². The Kier molecular flexibility index (Phi) is 7.96. The summed E-state index contributed by atoms with van der Waals surface area (Å²) in [6, 6.07) is 0.602. The Morgan fingerprint density at radius 1 is 1.16 bits per heavy atom. The van der Waals surface area contributed by atoms with Crippen LogP contribution in [0.5, 0.6) is 0 Å². The first-order chi connectivity index (χ1) is 9.00. The monoisotopic (exact) mass is 270 g/mol. The number of likely N-dealkylation sites (N-methyl/N-ethyl adjacent to an activating group) is 1. The van der Waals surface area contributed by atoms with E-state index >= 15 is 0 Å². The summed E-state index contributed by atoms with van der Waals surface area (Å²) in [6.45, 7) is 13.5. The van der Waals surface area contributed by atoms with E-state index in [1.807, 2.05) is 0 Å². The molecule has 1 N–H and O–H groups in total. The highest BCUT2D eigenvalue weighted by molar-refractivity contribution is 4.76. The lowest BCUT2D eigenvalue weighted by Crippen LogP contribution is -2.43. The van der Waals surface area contributed by atoms with Crippen LogP contribution in [-0.4, -0.2) is 50.3 Å². The van der Waals surface area contributed by atoms with Gasteiger partial charge in [0.25, 0.3) is 0 Å². The van der Waals surface area contributed by atoms with Crippen molar-refractivity contribution < 1.29 is 4.74 Å². The minimum absolute atomic E-state index is 0.456. The maximum absolute atomic E-state index is 5.83. The molecular weight excluding hydrogens is 236 g/mol. The van der Waals surface area contributed by atoms with Gasteiger partial charge in [-0.05, 0) is 58.2 Å². The average molecular weight is 270 g/mol. The van der Waals surface area contributed by atoms with E-state index in [2.05, 4.69) is 45.0 Å². The second-order valence-corrected chi connectivity index (χ2v) is 6.70. The summed E-state index contributed by atoms with van der Waals surface area (Å²) in [5.41, 5.74) is 0. The molecule has 0 aromatic heterocycles. The van der Waals surface area contributed by atoms with E-state index in [-0.39, 0.29) is 0 Å². The van der Waals surface area contributed by atoms with Crippen LogP contribution >= 0.6 is 0 Å². The lowest BCUT2D eigenvalue weighted by molar-refractivity contribution is -0.0106. The van der Waals surface area contributed by atoms with Crippen LogP contribution in [-0.2, 0) is 4.74 Å². The molecule has 0 aromatic rings. The van der Waals surface area contributed by atoms with Gasteiger partial charge in [0, 0.05) is 19.2 Å². The maximum atomic E-state index is 5.83. The Morgan fingerprint density at radius 3 is 2.47 bits per heavy atom. The largest absolute Gasteiger partial charge is 0.377 e. The van der Waals surface area contributed by atoms with Crippen LogP contribution in [0.15, 0.2) is 0 Å². The van der Waals surface area contributed by atoms with Crippen LogP contribution in [0.25, 0.3) is 0 Å². The van der Waals surface area contributed by atoms with Crippen molar-refractivity contribution in [2.75, 3.05) is 33.3 Å². The fourth-order valence-electron chi connectivity index (χ4n) is 2.64. The molecule has 0 saturated carbocycles. The summed E-state index contributed by atoms with van der Waals surface area (Å²) in [7, 11) is 2.24. The van der Waals surface area contributed by atoms with E-state index < -0.39 is 0 Å². The van der Waals surface area contributed by atoms with Crippen molar-refractivity contribution in [3.8, 4) is 0 Å². The van der Waals surface area contributed by atoms with Crippen LogP contribution in [0.3, 0.4) is 0 Å². The highest BCUT2D eigenvalue weighted by atomic mass is 16.5. The molecule has 1 fully saturated rings. The van der Waals surface area contributed by atoms with Crippen LogP contribution < -0.4 is 5.32 Å². The van der Waals surface area contributed by atoms with Gasteiger partial charge in [-0.15, -0.1) is 0 Å². The Hall–Kier alpha value is -0.120. The quantitative estimate of drug-likeness (QED) is 0.734. The summed E-state index contributed by atoms with van der Waals surface area (Å²) in [6.07, 6.45) is 4.26. The van der Waals surface area contributed by atoms with Gasteiger partial charge in [-0.1, -0.05) is 20.8 Å². The van der Waals surface area contributed by atoms with Gasteiger partial charge in [0.2, 0.25) is 0 Å². The zero-order valence-electron chi connectivity index (χ0n) is 13.6. The average Bonchev–Trinajstić information content (AvgIpc) is 2.38. The van der Waals surface area contributed by atoms with E-state index in [0.29, 0.717) is 18.1 Å². The molecule has 0 aromatic carbocycles. The molecule has 0 radical (unpaired) electrons. The predicted octanol–water partition coefficient (Wildman–Crippen LogP) is 2.76.